The number of rotatable bonds is 5. The van der Waals surface area contributed by atoms with Crippen molar-refractivity contribution in [2.45, 2.75) is 72.0 Å². The van der Waals surface area contributed by atoms with E-state index in [0.29, 0.717) is 18.9 Å². The molecular weight excluding hydrogens is 240 g/mol. The third kappa shape index (κ3) is 4.34. The number of hydrogen-bond donors (Lipinski definition) is 0. The molecule has 3 heteroatoms. The summed E-state index contributed by atoms with van der Waals surface area (Å²) in [4.78, 5) is 11.7. The Morgan fingerprint density at radius 3 is 2.58 bits per heavy atom. The highest BCUT2D eigenvalue weighted by molar-refractivity contribution is 5.70. The van der Waals surface area contributed by atoms with Crippen molar-refractivity contribution in [3.8, 4) is 0 Å². The Bertz CT molecular complexity index is 357. The lowest BCUT2D eigenvalue weighted by Gasteiger charge is -2.31. The molecule has 0 spiro atoms. The molecule has 1 fully saturated rings. The van der Waals surface area contributed by atoms with Gasteiger partial charge in [0, 0.05) is 0 Å². The number of carbonyl (C=O) groups excluding carboxylic acids is 1. The van der Waals surface area contributed by atoms with Crippen molar-refractivity contribution in [3.63, 3.8) is 0 Å². The first-order valence-electron chi connectivity index (χ1n) is 7.20. The van der Waals surface area contributed by atoms with Crippen molar-refractivity contribution >= 4 is 5.97 Å². The van der Waals surface area contributed by atoms with Crippen molar-refractivity contribution in [2.75, 3.05) is 6.61 Å². The summed E-state index contributed by atoms with van der Waals surface area (Å²) >= 11 is 0. The third-order valence-corrected chi connectivity index (χ3v) is 4.00. The first-order valence-corrected chi connectivity index (χ1v) is 7.20. The molecule has 1 rings (SSSR count). The summed E-state index contributed by atoms with van der Waals surface area (Å²) in [6.07, 6.45) is 4.36. The fourth-order valence-corrected chi connectivity index (χ4v) is 2.84. The largest absolute Gasteiger partial charge is 0.466 e. The van der Waals surface area contributed by atoms with E-state index in [4.69, 9.17) is 9.47 Å². The van der Waals surface area contributed by atoms with Crippen LogP contribution in [0.15, 0.2) is 11.6 Å². The van der Waals surface area contributed by atoms with Gasteiger partial charge in [-0.1, -0.05) is 18.6 Å². The van der Waals surface area contributed by atoms with Gasteiger partial charge in [-0.25, -0.2) is 0 Å². The number of hydrogen-bond acceptors (Lipinski definition) is 3. The maximum Gasteiger partial charge on any atom is 0.308 e. The van der Waals surface area contributed by atoms with Crippen molar-refractivity contribution in [1.82, 2.24) is 0 Å². The van der Waals surface area contributed by atoms with Crippen LogP contribution < -0.4 is 0 Å². The van der Waals surface area contributed by atoms with Crippen molar-refractivity contribution in [1.29, 1.82) is 0 Å². The van der Waals surface area contributed by atoms with Crippen LogP contribution in [0.1, 0.15) is 60.8 Å². The highest BCUT2D eigenvalue weighted by Gasteiger charge is 2.49. The molecule has 0 amide bonds. The van der Waals surface area contributed by atoms with Crippen molar-refractivity contribution in [3.05, 3.63) is 11.6 Å². The Morgan fingerprint density at radius 1 is 1.42 bits per heavy atom. The predicted octanol–water partition coefficient (Wildman–Crippen LogP) is 3.87. The molecule has 0 bridgehead atoms. The van der Waals surface area contributed by atoms with Gasteiger partial charge in [-0.05, 0) is 53.4 Å². The van der Waals surface area contributed by atoms with Crippen LogP contribution in [0.5, 0.6) is 0 Å². The van der Waals surface area contributed by atoms with Gasteiger partial charge < -0.3 is 9.47 Å². The minimum absolute atomic E-state index is 0.163. The van der Waals surface area contributed by atoms with Gasteiger partial charge in [0.1, 0.15) is 0 Å². The van der Waals surface area contributed by atoms with Crippen LogP contribution in [0.3, 0.4) is 0 Å². The molecule has 1 aliphatic rings. The lowest BCUT2D eigenvalue weighted by Crippen LogP contribution is -2.34. The number of ether oxygens (including phenoxy) is 2. The van der Waals surface area contributed by atoms with Crippen LogP contribution in [0.4, 0.5) is 0 Å². The molecule has 1 aliphatic heterocycles. The highest BCUT2D eigenvalue weighted by Crippen LogP contribution is 2.46. The number of carbonyl (C=O) groups is 1. The summed E-state index contributed by atoms with van der Waals surface area (Å²) < 4.78 is 11.3. The second-order valence-electron chi connectivity index (χ2n) is 6.44. The van der Waals surface area contributed by atoms with E-state index < -0.39 is 5.60 Å². The van der Waals surface area contributed by atoms with Crippen LogP contribution in [0.25, 0.3) is 0 Å². The lowest BCUT2D eigenvalue weighted by molar-refractivity contribution is -0.154. The second kappa shape index (κ2) is 6.08. The quantitative estimate of drug-likeness (QED) is 0.561. The second-order valence-corrected chi connectivity index (χ2v) is 6.44. The zero-order valence-corrected chi connectivity index (χ0v) is 13.2. The monoisotopic (exact) mass is 268 g/mol. The zero-order valence-electron chi connectivity index (χ0n) is 13.2. The van der Waals surface area contributed by atoms with Crippen LogP contribution in [0.2, 0.25) is 0 Å². The fraction of sp³-hybridized carbons (Fsp3) is 0.812. The summed E-state index contributed by atoms with van der Waals surface area (Å²) in [6.45, 7) is 12.8. The molecule has 0 saturated carbocycles. The Morgan fingerprint density at radius 2 is 2.05 bits per heavy atom. The van der Waals surface area contributed by atoms with E-state index in [-0.39, 0.29) is 11.6 Å². The van der Waals surface area contributed by atoms with E-state index in [1.807, 2.05) is 13.8 Å². The molecule has 19 heavy (non-hydrogen) atoms. The molecule has 3 nitrogen and oxygen atoms in total. The normalized spacial score (nSPS) is 34.1. The number of esters is 1. The lowest BCUT2D eigenvalue weighted by atomic mass is 9.84. The molecule has 1 unspecified atom stereocenters. The smallest absolute Gasteiger partial charge is 0.308 e. The summed E-state index contributed by atoms with van der Waals surface area (Å²) in [7, 11) is 0. The molecule has 0 radical (unpaired) electrons. The zero-order chi connectivity index (χ0) is 14.7. The maximum absolute atomic E-state index is 11.7. The molecule has 0 aromatic rings. The van der Waals surface area contributed by atoms with E-state index in [9.17, 15) is 4.79 Å². The molecule has 110 valence electrons. The van der Waals surface area contributed by atoms with Crippen molar-refractivity contribution in [2.24, 2.45) is 5.92 Å². The Hall–Kier alpha value is -0.830. The summed E-state index contributed by atoms with van der Waals surface area (Å²) in [6, 6.07) is 0. The highest BCUT2D eigenvalue weighted by atomic mass is 16.5. The standard InChI is InChI=1S/C16H28O3/c1-7-18-14(17)11-15(5)10-13(4)16(6,19-15)9-8-12(2)3/h8,13H,7,9-11H2,1-6H3/t13-,15?,16+/m1/s1. The first-order chi connectivity index (χ1) is 8.71. The molecule has 0 aliphatic carbocycles. The van der Waals surface area contributed by atoms with E-state index in [1.54, 1.807) is 0 Å². The van der Waals surface area contributed by atoms with Crippen LogP contribution in [-0.2, 0) is 14.3 Å². The Kier molecular flexibility index (Phi) is 5.19. The van der Waals surface area contributed by atoms with Crippen LogP contribution >= 0.6 is 0 Å². The van der Waals surface area contributed by atoms with Gasteiger partial charge in [-0.15, -0.1) is 0 Å². The van der Waals surface area contributed by atoms with E-state index >= 15 is 0 Å². The van der Waals surface area contributed by atoms with Gasteiger partial charge in [0.25, 0.3) is 0 Å². The van der Waals surface area contributed by atoms with Gasteiger partial charge in [-0.3, -0.25) is 4.79 Å². The maximum atomic E-state index is 11.7. The van der Waals surface area contributed by atoms with Gasteiger partial charge in [0.05, 0.1) is 24.2 Å². The minimum Gasteiger partial charge on any atom is -0.466 e. The first kappa shape index (κ1) is 16.2. The topological polar surface area (TPSA) is 35.5 Å². The summed E-state index contributed by atoms with van der Waals surface area (Å²) in [5.74, 6) is 0.270. The fourth-order valence-electron chi connectivity index (χ4n) is 2.84. The Balaban J connectivity index is 2.71. The molecule has 0 N–H and O–H groups in total. The van der Waals surface area contributed by atoms with E-state index in [2.05, 4.69) is 33.8 Å². The Labute approximate surface area is 117 Å². The molecule has 1 heterocycles. The molecular formula is C16H28O3. The van der Waals surface area contributed by atoms with Crippen molar-refractivity contribution < 1.29 is 14.3 Å². The average molecular weight is 268 g/mol. The predicted molar refractivity (Wildman–Crippen MR) is 77.0 cm³/mol. The van der Waals surface area contributed by atoms with Gasteiger partial charge in [-0.2, -0.15) is 0 Å². The molecule has 3 atom stereocenters. The SMILES string of the molecule is CCOC(=O)CC1(C)C[C@@H](C)[C@](C)(CC=C(C)C)O1. The average Bonchev–Trinajstić information content (AvgIpc) is 2.47. The summed E-state index contributed by atoms with van der Waals surface area (Å²) in [5, 5.41) is 0. The van der Waals surface area contributed by atoms with Gasteiger partial charge in [0.2, 0.25) is 0 Å². The molecule has 0 aromatic heterocycles. The number of allylic oxidation sites excluding steroid dienone is 1. The van der Waals surface area contributed by atoms with E-state index in [1.165, 1.54) is 5.57 Å². The third-order valence-electron chi connectivity index (χ3n) is 4.00. The minimum atomic E-state index is -0.393. The summed E-state index contributed by atoms with van der Waals surface area (Å²) in [5.41, 5.74) is 0.727. The van der Waals surface area contributed by atoms with E-state index in [0.717, 1.165) is 12.8 Å². The van der Waals surface area contributed by atoms with Gasteiger partial charge in [0.15, 0.2) is 0 Å². The van der Waals surface area contributed by atoms with Crippen LogP contribution in [0, 0.1) is 5.92 Å². The molecule has 0 aromatic carbocycles. The molecule has 1 saturated heterocycles. The van der Waals surface area contributed by atoms with Gasteiger partial charge >= 0.3 is 5.97 Å². The van der Waals surface area contributed by atoms with Crippen LogP contribution in [-0.4, -0.2) is 23.8 Å².